The predicted octanol–water partition coefficient (Wildman–Crippen LogP) is 4.60. The molecule has 3 heterocycles. The lowest BCUT2D eigenvalue weighted by molar-refractivity contribution is -0.379. The molecule has 19 heteroatoms. The number of carbonyl (C=O) groups excluding carboxylic acids is 1. The van der Waals surface area contributed by atoms with Crippen LogP contribution in [0.3, 0.4) is 0 Å². The van der Waals surface area contributed by atoms with Crippen LogP contribution < -0.4 is 5.32 Å². The van der Waals surface area contributed by atoms with E-state index in [-0.39, 0.29) is 18.9 Å². The maximum Gasteiger partial charge on any atom is 0.220 e. The van der Waals surface area contributed by atoms with Crippen molar-refractivity contribution in [3.05, 3.63) is 12.2 Å². The van der Waals surface area contributed by atoms with E-state index in [0.717, 1.165) is 25.7 Å². The fraction of sp³-hybridized carbons (Fsp3) is 0.946. The molecule has 3 aliphatic rings. The van der Waals surface area contributed by atoms with Crippen molar-refractivity contribution in [3.8, 4) is 0 Å². The number of hydrogen-bond acceptors (Lipinski definition) is 18. The van der Waals surface area contributed by atoms with Gasteiger partial charge in [-0.2, -0.15) is 0 Å². The number of unbranched alkanes of at least 4 members (excludes halogenated alkanes) is 27. The lowest BCUT2D eigenvalue weighted by atomic mass is 9.96. The summed E-state index contributed by atoms with van der Waals surface area (Å²) in [5.41, 5.74) is 0. The Hall–Kier alpha value is -1.47. The average Bonchev–Trinajstić information content (AvgIpc) is 3.40. The summed E-state index contributed by atoms with van der Waals surface area (Å²) in [6, 6.07) is -0.964. The first-order chi connectivity index (χ1) is 36.3. The van der Waals surface area contributed by atoms with Crippen molar-refractivity contribution < 1.29 is 89.4 Å². The molecule has 0 spiro atoms. The fourth-order valence-corrected chi connectivity index (χ4v) is 10.2. The second-order valence-corrected chi connectivity index (χ2v) is 21.5. The Morgan fingerprint density at radius 2 is 0.827 bits per heavy atom. The molecule has 0 aliphatic carbocycles. The molecule has 3 saturated heterocycles. The van der Waals surface area contributed by atoms with Gasteiger partial charge in [0, 0.05) is 6.42 Å². The monoisotopic (exact) mass is 1080 g/mol. The summed E-state index contributed by atoms with van der Waals surface area (Å²) in [7, 11) is 0. The maximum absolute atomic E-state index is 12.7. The summed E-state index contributed by atoms with van der Waals surface area (Å²) in [5.74, 6) is -0.328. The Labute approximate surface area is 448 Å². The molecule has 0 aromatic heterocycles. The number of allylic oxidation sites excluding steroid dienone is 1. The fourth-order valence-electron chi connectivity index (χ4n) is 10.2. The van der Waals surface area contributed by atoms with E-state index in [4.69, 9.17) is 28.4 Å². The Balaban J connectivity index is 1.29. The van der Waals surface area contributed by atoms with Crippen molar-refractivity contribution in [1.82, 2.24) is 5.32 Å². The molecule has 17 unspecified atom stereocenters. The van der Waals surface area contributed by atoms with Gasteiger partial charge in [-0.25, -0.2) is 0 Å². The molecule has 3 aliphatic heterocycles. The predicted molar refractivity (Wildman–Crippen MR) is 282 cm³/mol. The molecular weight excluding hydrogens is 975 g/mol. The molecule has 19 nitrogen and oxygen atoms in total. The second-order valence-electron chi connectivity index (χ2n) is 21.5. The van der Waals surface area contributed by atoms with Crippen LogP contribution in [0, 0.1) is 0 Å². The van der Waals surface area contributed by atoms with Gasteiger partial charge >= 0.3 is 0 Å². The van der Waals surface area contributed by atoms with Crippen LogP contribution in [0.4, 0.5) is 0 Å². The first-order valence-electron chi connectivity index (χ1n) is 29.4. The first kappa shape index (κ1) is 67.8. The molecule has 12 N–H and O–H groups in total. The Kier molecular flexibility index (Phi) is 36.8. The van der Waals surface area contributed by atoms with Crippen LogP contribution in [0.15, 0.2) is 12.2 Å². The van der Waals surface area contributed by atoms with E-state index in [9.17, 15) is 61.0 Å². The normalized spacial score (nSPS) is 31.2. The minimum absolute atomic E-state index is 0.195. The minimum Gasteiger partial charge on any atom is -0.394 e. The van der Waals surface area contributed by atoms with Crippen LogP contribution in [-0.2, 0) is 33.2 Å². The zero-order valence-corrected chi connectivity index (χ0v) is 45.8. The van der Waals surface area contributed by atoms with Crippen molar-refractivity contribution in [2.45, 2.75) is 311 Å². The molecule has 0 saturated carbocycles. The van der Waals surface area contributed by atoms with Gasteiger partial charge in [0.1, 0.15) is 73.2 Å². The van der Waals surface area contributed by atoms with Gasteiger partial charge < -0.3 is 89.9 Å². The summed E-state index contributed by atoms with van der Waals surface area (Å²) < 4.78 is 33.9. The third kappa shape index (κ3) is 25.3. The summed E-state index contributed by atoms with van der Waals surface area (Å²) in [4.78, 5) is 12.7. The van der Waals surface area contributed by atoms with Crippen molar-refractivity contribution in [1.29, 1.82) is 0 Å². The maximum atomic E-state index is 12.7. The van der Waals surface area contributed by atoms with Crippen LogP contribution >= 0.6 is 0 Å². The van der Waals surface area contributed by atoms with Gasteiger partial charge in [0.2, 0.25) is 5.91 Å². The van der Waals surface area contributed by atoms with Gasteiger partial charge in [0.15, 0.2) is 18.9 Å². The number of aliphatic hydroxyl groups excluding tert-OH is 11. The molecule has 442 valence electrons. The molecule has 0 aromatic rings. The SMILES string of the molecule is CCCCCCCCCCCCCCCCCCCCCCCCCCCCC/C=C/C(O)C(COC1OC(CO)C(OC2OC(CO)C(OC3OC(CO)C(O)C(O)C3O)C(O)C2O)C(O)C1O)NC(=O)CCC. The van der Waals surface area contributed by atoms with Crippen molar-refractivity contribution in [2.24, 2.45) is 0 Å². The standard InChI is InChI=1S/C56H105NO18/c1-3-5-6-7-8-9-10-11-12-13-14-15-16-17-18-19-20-21-22-23-24-25-26-27-28-29-30-31-32-34-40(61)39(57-44(62)33-4-2)38-70-54-50(68)47(65)52(42(36-59)72-54)75-56-51(69)48(66)53(43(37-60)73-56)74-55-49(67)46(64)45(63)41(35-58)71-55/h32,34,39-43,45-56,58-61,63-69H,3-31,33,35-38H2,1-2H3,(H,57,62)/b34-32+. The smallest absolute Gasteiger partial charge is 0.220 e. The van der Waals surface area contributed by atoms with E-state index in [0.29, 0.717) is 6.42 Å². The van der Waals surface area contributed by atoms with Crippen molar-refractivity contribution >= 4 is 5.91 Å². The lowest BCUT2D eigenvalue weighted by Gasteiger charge is -2.48. The Morgan fingerprint density at radius 1 is 0.467 bits per heavy atom. The van der Waals surface area contributed by atoms with Gasteiger partial charge in [0.05, 0.1) is 38.6 Å². The number of aliphatic hydroxyl groups is 11. The van der Waals surface area contributed by atoms with E-state index in [1.54, 1.807) is 6.08 Å². The number of hydrogen-bond donors (Lipinski definition) is 12. The lowest BCUT2D eigenvalue weighted by Crippen LogP contribution is -2.66. The van der Waals surface area contributed by atoms with E-state index >= 15 is 0 Å². The molecule has 1 amide bonds. The van der Waals surface area contributed by atoms with Crippen LogP contribution in [-0.4, -0.2) is 193 Å². The number of carbonyl (C=O) groups is 1. The molecule has 0 radical (unpaired) electrons. The Morgan fingerprint density at radius 3 is 1.23 bits per heavy atom. The van der Waals surface area contributed by atoms with E-state index in [2.05, 4.69) is 12.2 Å². The van der Waals surface area contributed by atoms with Gasteiger partial charge in [-0.15, -0.1) is 0 Å². The largest absolute Gasteiger partial charge is 0.394 e. The van der Waals surface area contributed by atoms with Crippen LogP contribution in [0.5, 0.6) is 0 Å². The molecular formula is C56H105NO18. The quantitative estimate of drug-likeness (QED) is 0.0293. The van der Waals surface area contributed by atoms with Crippen LogP contribution in [0.2, 0.25) is 0 Å². The molecule has 0 bridgehead atoms. The number of amides is 1. The van der Waals surface area contributed by atoms with Gasteiger partial charge in [-0.3, -0.25) is 4.79 Å². The van der Waals surface area contributed by atoms with Crippen molar-refractivity contribution in [2.75, 3.05) is 26.4 Å². The highest BCUT2D eigenvalue weighted by Gasteiger charge is 2.53. The van der Waals surface area contributed by atoms with E-state index < -0.39 is 124 Å². The molecule has 3 fully saturated rings. The minimum atomic E-state index is -1.97. The highest BCUT2D eigenvalue weighted by molar-refractivity contribution is 5.76. The molecule has 3 rings (SSSR count). The van der Waals surface area contributed by atoms with Gasteiger partial charge in [0.25, 0.3) is 0 Å². The van der Waals surface area contributed by atoms with Crippen LogP contribution in [0.25, 0.3) is 0 Å². The third-order valence-corrected chi connectivity index (χ3v) is 15.1. The van der Waals surface area contributed by atoms with Gasteiger partial charge in [-0.05, 0) is 19.3 Å². The molecule has 0 aromatic carbocycles. The number of ether oxygens (including phenoxy) is 6. The average molecular weight is 1080 g/mol. The third-order valence-electron chi connectivity index (χ3n) is 15.1. The topological polar surface area (TPSA) is 307 Å². The van der Waals surface area contributed by atoms with Crippen molar-refractivity contribution in [3.63, 3.8) is 0 Å². The Bertz CT molecular complexity index is 1430. The van der Waals surface area contributed by atoms with Gasteiger partial charge in [-0.1, -0.05) is 193 Å². The summed E-state index contributed by atoms with van der Waals surface area (Å²) in [5, 5.41) is 119. The van der Waals surface area contributed by atoms with E-state index in [1.807, 2.05) is 13.0 Å². The highest BCUT2D eigenvalue weighted by Crippen LogP contribution is 2.33. The zero-order chi connectivity index (χ0) is 54.8. The zero-order valence-electron chi connectivity index (χ0n) is 45.8. The number of nitrogens with one attached hydrogen (secondary N) is 1. The second kappa shape index (κ2) is 40.7. The molecule has 17 atom stereocenters. The molecule has 75 heavy (non-hydrogen) atoms. The highest BCUT2D eigenvalue weighted by atomic mass is 16.8. The van der Waals surface area contributed by atoms with Crippen LogP contribution in [0.1, 0.15) is 206 Å². The first-order valence-corrected chi connectivity index (χ1v) is 29.4. The summed E-state index contributed by atoms with van der Waals surface area (Å²) in [6.07, 6.45) is 14.4. The summed E-state index contributed by atoms with van der Waals surface area (Å²) in [6.45, 7) is 1.35. The number of rotatable bonds is 43. The van der Waals surface area contributed by atoms with E-state index in [1.165, 1.54) is 154 Å². The summed E-state index contributed by atoms with van der Waals surface area (Å²) >= 11 is 0.